The van der Waals surface area contributed by atoms with Gasteiger partial charge in [-0.3, -0.25) is 4.79 Å². The predicted octanol–water partition coefficient (Wildman–Crippen LogP) is 1.57. The van der Waals surface area contributed by atoms with Gasteiger partial charge in [-0.15, -0.1) is 12.4 Å². The van der Waals surface area contributed by atoms with Gasteiger partial charge in [-0.2, -0.15) is 0 Å². The van der Waals surface area contributed by atoms with Gasteiger partial charge in [0, 0.05) is 6.54 Å². The molecule has 0 heterocycles. The Bertz CT molecular complexity index is 414. The number of rotatable bonds is 4. The Labute approximate surface area is 126 Å². The lowest BCUT2D eigenvalue weighted by molar-refractivity contribution is -0.124. The SMILES string of the molecule is Cl.NCC(C(=O)N[C@@H]1CCCC[C@H]1O)c1ccccc1. The van der Waals surface area contributed by atoms with E-state index in [0.29, 0.717) is 0 Å². The number of carbonyl (C=O) groups excluding carboxylic acids is 1. The zero-order valence-electron chi connectivity index (χ0n) is 11.5. The highest BCUT2D eigenvalue weighted by Crippen LogP contribution is 2.20. The minimum atomic E-state index is -0.424. The molecule has 0 aliphatic heterocycles. The molecule has 1 aromatic rings. The van der Waals surface area contributed by atoms with Gasteiger partial charge in [0.2, 0.25) is 5.91 Å². The van der Waals surface area contributed by atoms with Gasteiger partial charge in [-0.05, 0) is 18.4 Å². The highest BCUT2D eigenvalue weighted by Gasteiger charge is 2.27. The molecule has 1 amide bonds. The Morgan fingerprint density at radius 2 is 1.95 bits per heavy atom. The molecule has 3 atom stereocenters. The van der Waals surface area contributed by atoms with Crippen molar-refractivity contribution in [2.75, 3.05) is 6.54 Å². The monoisotopic (exact) mass is 298 g/mol. The zero-order chi connectivity index (χ0) is 13.7. The number of nitrogens with two attached hydrogens (primary N) is 1. The summed E-state index contributed by atoms with van der Waals surface area (Å²) in [5.41, 5.74) is 6.65. The van der Waals surface area contributed by atoms with Crippen molar-refractivity contribution in [2.24, 2.45) is 5.73 Å². The summed E-state index contributed by atoms with van der Waals surface area (Å²) in [6.45, 7) is 0.276. The van der Waals surface area contributed by atoms with Crippen LogP contribution >= 0.6 is 12.4 Å². The lowest BCUT2D eigenvalue weighted by Crippen LogP contribution is -2.47. The van der Waals surface area contributed by atoms with E-state index in [-0.39, 0.29) is 36.8 Å². The zero-order valence-corrected chi connectivity index (χ0v) is 12.3. The average Bonchev–Trinajstić information content (AvgIpc) is 2.43. The van der Waals surface area contributed by atoms with Crippen LogP contribution in [0.2, 0.25) is 0 Å². The Kier molecular flexibility index (Phi) is 6.99. The first kappa shape index (κ1) is 17.0. The first-order chi connectivity index (χ1) is 9.22. The van der Waals surface area contributed by atoms with Gasteiger partial charge in [0.25, 0.3) is 0 Å². The molecule has 5 heteroatoms. The van der Waals surface area contributed by atoms with Crippen LogP contribution < -0.4 is 11.1 Å². The maximum atomic E-state index is 12.3. The van der Waals surface area contributed by atoms with E-state index in [0.717, 1.165) is 31.2 Å². The minimum absolute atomic E-state index is 0. The van der Waals surface area contributed by atoms with Crippen LogP contribution in [-0.4, -0.2) is 29.7 Å². The van der Waals surface area contributed by atoms with Crippen molar-refractivity contribution in [1.82, 2.24) is 5.32 Å². The molecule has 1 saturated carbocycles. The van der Waals surface area contributed by atoms with Gasteiger partial charge in [0.1, 0.15) is 0 Å². The lowest BCUT2D eigenvalue weighted by Gasteiger charge is -2.29. The van der Waals surface area contributed by atoms with Crippen molar-refractivity contribution in [2.45, 2.75) is 43.7 Å². The third kappa shape index (κ3) is 4.20. The number of amides is 1. The van der Waals surface area contributed by atoms with Crippen LogP contribution in [0.4, 0.5) is 0 Å². The van der Waals surface area contributed by atoms with E-state index in [1.165, 1.54) is 0 Å². The second kappa shape index (κ2) is 8.25. The summed E-state index contributed by atoms with van der Waals surface area (Å²) in [6, 6.07) is 9.42. The van der Waals surface area contributed by atoms with E-state index in [2.05, 4.69) is 5.32 Å². The van der Waals surface area contributed by atoms with Crippen LogP contribution in [0.1, 0.15) is 37.2 Å². The normalized spacial score (nSPS) is 23.5. The average molecular weight is 299 g/mol. The number of carbonyl (C=O) groups is 1. The van der Waals surface area contributed by atoms with E-state index < -0.39 is 6.10 Å². The molecule has 4 nitrogen and oxygen atoms in total. The van der Waals surface area contributed by atoms with Crippen molar-refractivity contribution in [3.05, 3.63) is 35.9 Å². The molecule has 0 spiro atoms. The second-order valence-corrected chi connectivity index (χ2v) is 5.17. The van der Waals surface area contributed by atoms with Crippen LogP contribution in [0, 0.1) is 0 Å². The number of aliphatic hydroxyl groups is 1. The molecule has 1 unspecified atom stereocenters. The Morgan fingerprint density at radius 3 is 2.55 bits per heavy atom. The highest BCUT2D eigenvalue weighted by atomic mass is 35.5. The van der Waals surface area contributed by atoms with E-state index in [1.54, 1.807) is 0 Å². The molecule has 1 aliphatic carbocycles. The van der Waals surface area contributed by atoms with Crippen LogP contribution in [0.3, 0.4) is 0 Å². The van der Waals surface area contributed by atoms with E-state index >= 15 is 0 Å². The second-order valence-electron chi connectivity index (χ2n) is 5.17. The molecule has 2 rings (SSSR count). The number of hydrogen-bond donors (Lipinski definition) is 3. The maximum Gasteiger partial charge on any atom is 0.229 e. The van der Waals surface area contributed by atoms with Crippen LogP contribution in [0.25, 0.3) is 0 Å². The summed E-state index contributed by atoms with van der Waals surface area (Å²) in [6.07, 6.45) is 3.28. The van der Waals surface area contributed by atoms with E-state index in [1.807, 2.05) is 30.3 Å². The molecule has 1 aromatic carbocycles. The molecule has 0 saturated heterocycles. The van der Waals surface area contributed by atoms with Gasteiger partial charge in [0.15, 0.2) is 0 Å². The lowest BCUT2D eigenvalue weighted by atomic mass is 9.91. The summed E-state index contributed by atoms with van der Waals surface area (Å²) >= 11 is 0. The van der Waals surface area contributed by atoms with Gasteiger partial charge in [-0.1, -0.05) is 43.2 Å². The van der Waals surface area contributed by atoms with Gasteiger partial charge >= 0.3 is 0 Å². The van der Waals surface area contributed by atoms with Gasteiger partial charge in [0.05, 0.1) is 18.1 Å². The standard InChI is InChI=1S/C15H22N2O2.ClH/c16-10-12(11-6-2-1-3-7-11)15(19)17-13-8-4-5-9-14(13)18;/h1-3,6-7,12-14,18H,4-5,8-10,16H2,(H,17,19);1H/t12?,13-,14-;/m1./s1. The van der Waals surface area contributed by atoms with Crippen LogP contribution in [-0.2, 0) is 4.79 Å². The summed E-state index contributed by atoms with van der Waals surface area (Å²) in [5, 5.41) is 12.8. The molecule has 0 bridgehead atoms. The fourth-order valence-corrected chi connectivity index (χ4v) is 2.64. The van der Waals surface area contributed by atoms with Crippen molar-refractivity contribution in [3.63, 3.8) is 0 Å². The number of halogens is 1. The van der Waals surface area contributed by atoms with Crippen molar-refractivity contribution in [3.8, 4) is 0 Å². The molecule has 112 valence electrons. The minimum Gasteiger partial charge on any atom is -0.391 e. The van der Waals surface area contributed by atoms with Crippen LogP contribution in [0.5, 0.6) is 0 Å². The largest absolute Gasteiger partial charge is 0.391 e. The Balaban J connectivity index is 0.00000200. The molecule has 1 fully saturated rings. The fourth-order valence-electron chi connectivity index (χ4n) is 2.64. The quantitative estimate of drug-likeness (QED) is 0.790. The van der Waals surface area contributed by atoms with E-state index in [4.69, 9.17) is 5.73 Å². The number of benzene rings is 1. The Hall–Kier alpha value is -1.10. The first-order valence-electron chi connectivity index (χ1n) is 6.96. The number of aliphatic hydroxyl groups excluding tert-OH is 1. The first-order valence-corrected chi connectivity index (χ1v) is 6.96. The summed E-state index contributed by atoms with van der Waals surface area (Å²) in [7, 11) is 0. The van der Waals surface area contributed by atoms with Gasteiger partial charge < -0.3 is 16.2 Å². The molecule has 20 heavy (non-hydrogen) atoms. The molecule has 0 radical (unpaired) electrons. The third-order valence-electron chi connectivity index (χ3n) is 3.81. The van der Waals surface area contributed by atoms with E-state index in [9.17, 15) is 9.90 Å². The van der Waals surface area contributed by atoms with Crippen molar-refractivity contribution < 1.29 is 9.90 Å². The van der Waals surface area contributed by atoms with Crippen molar-refractivity contribution in [1.29, 1.82) is 0 Å². The third-order valence-corrected chi connectivity index (χ3v) is 3.81. The molecule has 0 aromatic heterocycles. The smallest absolute Gasteiger partial charge is 0.229 e. The summed E-state index contributed by atoms with van der Waals surface area (Å²) in [4.78, 5) is 12.3. The molecular weight excluding hydrogens is 276 g/mol. The van der Waals surface area contributed by atoms with Gasteiger partial charge in [-0.25, -0.2) is 0 Å². The number of nitrogens with one attached hydrogen (secondary N) is 1. The molecular formula is C15H23ClN2O2. The summed E-state index contributed by atoms with van der Waals surface area (Å²) < 4.78 is 0. The van der Waals surface area contributed by atoms with Crippen LogP contribution in [0.15, 0.2) is 30.3 Å². The topological polar surface area (TPSA) is 75.4 Å². The predicted molar refractivity (Wildman–Crippen MR) is 81.9 cm³/mol. The number of hydrogen-bond acceptors (Lipinski definition) is 3. The summed E-state index contributed by atoms with van der Waals surface area (Å²) in [5.74, 6) is -0.421. The highest BCUT2D eigenvalue weighted by molar-refractivity contribution is 5.85. The molecule has 4 N–H and O–H groups in total. The van der Waals surface area contributed by atoms with Crippen molar-refractivity contribution >= 4 is 18.3 Å². The Morgan fingerprint density at radius 1 is 1.30 bits per heavy atom. The maximum absolute atomic E-state index is 12.3. The molecule has 1 aliphatic rings. The fraction of sp³-hybridized carbons (Fsp3) is 0.533.